The number of phenols is 1. The number of nitrogens with two attached hydrogens (primary N) is 1. The summed E-state index contributed by atoms with van der Waals surface area (Å²) in [4.78, 5) is 0. The Morgan fingerprint density at radius 2 is 2.08 bits per heavy atom. The van der Waals surface area contributed by atoms with Gasteiger partial charge in [-0.3, -0.25) is 0 Å². The van der Waals surface area contributed by atoms with Gasteiger partial charge in [-0.15, -0.1) is 0 Å². The minimum absolute atomic E-state index is 0.113. The van der Waals surface area contributed by atoms with E-state index in [0.29, 0.717) is 16.8 Å². The highest BCUT2D eigenvalue weighted by molar-refractivity contribution is 5.89. The van der Waals surface area contributed by atoms with Gasteiger partial charge in [0.05, 0.1) is 12.0 Å². The van der Waals surface area contributed by atoms with Crippen LogP contribution in [-0.4, -0.2) is 5.11 Å². The van der Waals surface area contributed by atoms with Gasteiger partial charge in [0.1, 0.15) is 11.3 Å². The van der Waals surface area contributed by atoms with E-state index in [2.05, 4.69) is 0 Å². The van der Waals surface area contributed by atoms with Crippen molar-refractivity contribution in [1.82, 2.24) is 0 Å². The third-order valence-corrected chi connectivity index (χ3v) is 2.29. The van der Waals surface area contributed by atoms with Crippen molar-refractivity contribution in [2.24, 2.45) is 0 Å². The van der Waals surface area contributed by atoms with Crippen LogP contribution < -0.4 is 5.73 Å². The molecule has 0 saturated carbocycles. The number of aryl methyl sites for hydroxylation is 2. The highest BCUT2D eigenvalue weighted by atomic mass is 16.3. The Kier molecular flexibility index (Phi) is 1.49. The summed E-state index contributed by atoms with van der Waals surface area (Å²) in [6, 6.07) is 1.73. The number of rotatable bonds is 0. The first-order valence-electron chi connectivity index (χ1n) is 4.07. The van der Waals surface area contributed by atoms with Crippen molar-refractivity contribution >= 4 is 16.7 Å². The second kappa shape index (κ2) is 2.42. The lowest BCUT2D eigenvalue weighted by molar-refractivity contribution is 0.472. The number of hydrogen-bond donors (Lipinski definition) is 2. The molecular weight excluding hydrogens is 166 g/mol. The van der Waals surface area contributed by atoms with Crippen LogP contribution in [-0.2, 0) is 0 Å². The van der Waals surface area contributed by atoms with Crippen LogP contribution in [0.4, 0.5) is 5.69 Å². The predicted molar refractivity (Wildman–Crippen MR) is 51.8 cm³/mol. The molecule has 3 heteroatoms. The Morgan fingerprint density at radius 1 is 1.38 bits per heavy atom. The first-order valence-corrected chi connectivity index (χ1v) is 4.07. The van der Waals surface area contributed by atoms with Crippen LogP contribution in [0.15, 0.2) is 16.7 Å². The number of furan rings is 1. The average Bonchev–Trinajstić information content (AvgIpc) is 2.45. The monoisotopic (exact) mass is 177 g/mol. The molecule has 2 rings (SSSR count). The van der Waals surface area contributed by atoms with Crippen molar-refractivity contribution in [2.75, 3.05) is 5.73 Å². The summed E-state index contributed by atoms with van der Waals surface area (Å²) in [5, 5.41) is 10.5. The highest BCUT2D eigenvalue weighted by Crippen LogP contribution is 2.34. The fourth-order valence-corrected chi connectivity index (χ4v) is 1.47. The van der Waals surface area contributed by atoms with Crippen molar-refractivity contribution in [2.45, 2.75) is 13.8 Å². The second-order valence-corrected chi connectivity index (χ2v) is 3.23. The zero-order chi connectivity index (χ0) is 9.59. The maximum absolute atomic E-state index is 9.53. The van der Waals surface area contributed by atoms with E-state index in [0.717, 1.165) is 10.9 Å². The summed E-state index contributed by atoms with van der Waals surface area (Å²) in [5.74, 6) is 0.113. The first-order chi connectivity index (χ1) is 6.11. The van der Waals surface area contributed by atoms with Crippen LogP contribution >= 0.6 is 0 Å². The maximum Gasteiger partial charge on any atom is 0.145 e. The summed E-state index contributed by atoms with van der Waals surface area (Å²) in [7, 11) is 0. The van der Waals surface area contributed by atoms with Crippen molar-refractivity contribution in [3.05, 3.63) is 23.5 Å². The van der Waals surface area contributed by atoms with Crippen molar-refractivity contribution in [1.29, 1.82) is 0 Å². The third-order valence-electron chi connectivity index (χ3n) is 2.29. The summed E-state index contributed by atoms with van der Waals surface area (Å²) >= 11 is 0. The molecule has 0 aliphatic rings. The predicted octanol–water partition coefficient (Wildman–Crippen LogP) is 2.34. The summed E-state index contributed by atoms with van der Waals surface area (Å²) in [5.41, 5.74) is 8.46. The molecule has 2 aromatic rings. The molecule has 0 aliphatic carbocycles. The Hall–Kier alpha value is -1.64. The molecule has 0 saturated heterocycles. The number of fused-ring (bicyclic) bond motifs is 1. The number of nitrogen functional groups attached to an aromatic ring is 1. The zero-order valence-corrected chi connectivity index (χ0v) is 7.59. The lowest BCUT2D eigenvalue weighted by Crippen LogP contribution is -1.88. The van der Waals surface area contributed by atoms with E-state index >= 15 is 0 Å². The molecule has 0 atom stereocenters. The van der Waals surface area contributed by atoms with E-state index in [1.807, 2.05) is 6.92 Å². The van der Waals surface area contributed by atoms with Gasteiger partial charge >= 0.3 is 0 Å². The van der Waals surface area contributed by atoms with Gasteiger partial charge in [0.25, 0.3) is 0 Å². The molecule has 0 unspecified atom stereocenters. The van der Waals surface area contributed by atoms with E-state index in [9.17, 15) is 5.11 Å². The molecular formula is C10H11NO2. The van der Waals surface area contributed by atoms with Crippen molar-refractivity contribution in [3.63, 3.8) is 0 Å². The Morgan fingerprint density at radius 3 is 2.77 bits per heavy atom. The zero-order valence-electron chi connectivity index (χ0n) is 7.59. The summed E-state index contributed by atoms with van der Waals surface area (Å²) in [6.45, 7) is 3.73. The van der Waals surface area contributed by atoms with Crippen LogP contribution in [0.3, 0.4) is 0 Å². The van der Waals surface area contributed by atoms with E-state index in [-0.39, 0.29) is 5.75 Å². The molecule has 3 nitrogen and oxygen atoms in total. The maximum atomic E-state index is 9.53. The fraction of sp³-hybridized carbons (Fsp3) is 0.200. The Labute approximate surface area is 75.8 Å². The standard InChI is InChI=1S/C10H11NO2/c1-5-4-13-10-6(2)9(12)8(11)3-7(5)10/h3-4,12H,11H2,1-2H3. The number of hydrogen-bond acceptors (Lipinski definition) is 3. The lowest BCUT2D eigenvalue weighted by Gasteiger charge is -2.03. The Balaban J connectivity index is 2.96. The van der Waals surface area contributed by atoms with Gasteiger partial charge in [0.15, 0.2) is 0 Å². The highest BCUT2D eigenvalue weighted by Gasteiger charge is 2.11. The second-order valence-electron chi connectivity index (χ2n) is 3.23. The fourth-order valence-electron chi connectivity index (χ4n) is 1.47. The molecule has 0 aliphatic heterocycles. The molecule has 68 valence electrons. The van der Waals surface area contributed by atoms with Crippen molar-refractivity contribution < 1.29 is 9.52 Å². The van der Waals surface area contributed by atoms with Gasteiger partial charge in [0.2, 0.25) is 0 Å². The molecule has 0 fully saturated rings. The molecule has 0 amide bonds. The van der Waals surface area contributed by atoms with Gasteiger partial charge < -0.3 is 15.3 Å². The molecule has 3 N–H and O–H groups in total. The number of anilines is 1. The van der Waals surface area contributed by atoms with Crippen LogP contribution in [0, 0.1) is 13.8 Å². The number of aromatic hydroxyl groups is 1. The van der Waals surface area contributed by atoms with Crippen LogP contribution in [0.25, 0.3) is 11.0 Å². The molecule has 0 radical (unpaired) electrons. The smallest absolute Gasteiger partial charge is 0.145 e. The lowest BCUT2D eigenvalue weighted by atomic mass is 10.1. The quantitative estimate of drug-likeness (QED) is 0.479. The summed E-state index contributed by atoms with van der Waals surface area (Å²) < 4.78 is 5.30. The minimum atomic E-state index is 0.113. The molecule has 0 spiro atoms. The van der Waals surface area contributed by atoms with E-state index in [1.54, 1.807) is 19.3 Å². The SMILES string of the molecule is Cc1coc2c(C)c(O)c(N)cc12. The van der Waals surface area contributed by atoms with Gasteiger partial charge in [-0.25, -0.2) is 0 Å². The molecule has 0 bridgehead atoms. The van der Waals surface area contributed by atoms with E-state index in [1.165, 1.54) is 0 Å². The molecule has 1 aromatic carbocycles. The van der Waals surface area contributed by atoms with Gasteiger partial charge in [-0.1, -0.05) is 0 Å². The minimum Gasteiger partial charge on any atom is -0.505 e. The van der Waals surface area contributed by atoms with Gasteiger partial charge in [-0.2, -0.15) is 0 Å². The van der Waals surface area contributed by atoms with E-state index < -0.39 is 0 Å². The normalized spacial score (nSPS) is 10.9. The number of benzene rings is 1. The van der Waals surface area contributed by atoms with E-state index in [4.69, 9.17) is 10.2 Å². The molecule has 13 heavy (non-hydrogen) atoms. The summed E-state index contributed by atoms with van der Waals surface area (Å²) in [6.07, 6.45) is 1.66. The average molecular weight is 177 g/mol. The molecule has 1 aromatic heterocycles. The molecule has 1 heterocycles. The number of phenolic OH excluding ortho intramolecular Hbond substituents is 1. The van der Waals surface area contributed by atoms with Crippen LogP contribution in [0.5, 0.6) is 5.75 Å². The van der Waals surface area contributed by atoms with Gasteiger partial charge in [0, 0.05) is 10.9 Å². The van der Waals surface area contributed by atoms with Crippen LogP contribution in [0.2, 0.25) is 0 Å². The van der Waals surface area contributed by atoms with Crippen molar-refractivity contribution in [3.8, 4) is 5.75 Å². The van der Waals surface area contributed by atoms with Crippen LogP contribution in [0.1, 0.15) is 11.1 Å². The Bertz CT molecular complexity index is 471. The third kappa shape index (κ3) is 0.967. The van der Waals surface area contributed by atoms with Gasteiger partial charge in [-0.05, 0) is 25.5 Å². The largest absolute Gasteiger partial charge is 0.505 e. The topological polar surface area (TPSA) is 59.4 Å². The first kappa shape index (κ1) is 7.98.